The molecule has 4 heteroatoms. The van der Waals surface area contributed by atoms with E-state index in [-0.39, 0.29) is 5.41 Å². The summed E-state index contributed by atoms with van der Waals surface area (Å²) in [6.07, 6.45) is 4.15. The molecular weight excluding hydrogens is 216 g/mol. The summed E-state index contributed by atoms with van der Waals surface area (Å²) in [7, 11) is 3.47. The van der Waals surface area contributed by atoms with E-state index in [4.69, 9.17) is 14.7 Å². The number of hydrogen-bond acceptors (Lipinski definition) is 4. The predicted molar refractivity (Wildman–Crippen MR) is 66.7 cm³/mol. The van der Waals surface area contributed by atoms with Crippen LogP contribution in [0.4, 0.5) is 0 Å². The number of hydrogen-bond donors (Lipinski definition) is 0. The van der Waals surface area contributed by atoms with Crippen LogP contribution in [0.3, 0.4) is 0 Å². The van der Waals surface area contributed by atoms with Crippen LogP contribution in [0.2, 0.25) is 0 Å². The summed E-state index contributed by atoms with van der Waals surface area (Å²) in [4.78, 5) is 2.41. The number of methoxy groups -OCH3 is 2. The summed E-state index contributed by atoms with van der Waals surface area (Å²) in [5.41, 5.74) is 0.287. The van der Waals surface area contributed by atoms with Gasteiger partial charge in [0.15, 0.2) is 0 Å². The number of nitriles is 1. The molecule has 0 aromatic carbocycles. The minimum atomic E-state index is 0.287. The van der Waals surface area contributed by atoms with Crippen molar-refractivity contribution in [2.24, 2.45) is 5.41 Å². The molecule has 0 saturated heterocycles. The zero-order valence-corrected chi connectivity index (χ0v) is 11.1. The highest BCUT2D eigenvalue weighted by atomic mass is 16.5. The first-order valence-corrected chi connectivity index (χ1v) is 6.33. The zero-order chi connectivity index (χ0) is 12.6. The van der Waals surface area contributed by atoms with Gasteiger partial charge >= 0.3 is 0 Å². The summed E-state index contributed by atoms with van der Waals surface area (Å²) in [5.74, 6) is 0. The van der Waals surface area contributed by atoms with Crippen LogP contribution >= 0.6 is 0 Å². The van der Waals surface area contributed by atoms with E-state index in [1.165, 1.54) is 12.8 Å². The third-order valence-electron chi connectivity index (χ3n) is 3.40. The Kier molecular flexibility index (Phi) is 6.49. The van der Waals surface area contributed by atoms with Crippen molar-refractivity contribution < 1.29 is 9.47 Å². The number of rotatable bonds is 10. The van der Waals surface area contributed by atoms with Crippen LogP contribution < -0.4 is 0 Å². The quantitative estimate of drug-likeness (QED) is 0.545. The molecule has 1 aliphatic rings. The van der Waals surface area contributed by atoms with Crippen molar-refractivity contribution in [3.8, 4) is 6.07 Å². The normalized spacial score (nSPS) is 17.1. The van der Waals surface area contributed by atoms with Crippen LogP contribution in [0.1, 0.15) is 25.7 Å². The minimum absolute atomic E-state index is 0.287. The van der Waals surface area contributed by atoms with E-state index in [0.717, 1.165) is 39.3 Å². The zero-order valence-electron chi connectivity index (χ0n) is 11.1. The molecule has 0 atom stereocenters. The molecule has 4 nitrogen and oxygen atoms in total. The first kappa shape index (κ1) is 14.4. The Hall–Kier alpha value is -0.630. The fourth-order valence-corrected chi connectivity index (χ4v) is 2.13. The molecule has 0 aromatic rings. The van der Waals surface area contributed by atoms with E-state index in [2.05, 4.69) is 11.0 Å². The molecule has 0 aliphatic heterocycles. The molecule has 17 heavy (non-hydrogen) atoms. The van der Waals surface area contributed by atoms with Gasteiger partial charge in [-0.25, -0.2) is 0 Å². The second-order valence-electron chi connectivity index (χ2n) is 4.95. The van der Waals surface area contributed by atoms with Crippen molar-refractivity contribution >= 4 is 0 Å². The number of ether oxygens (including phenoxy) is 2. The molecule has 0 heterocycles. The fraction of sp³-hybridized carbons (Fsp3) is 0.923. The van der Waals surface area contributed by atoms with Crippen LogP contribution in [0.15, 0.2) is 0 Å². The highest BCUT2D eigenvalue weighted by molar-refractivity contribution is 5.01. The van der Waals surface area contributed by atoms with Gasteiger partial charge in [-0.05, 0) is 24.7 Å². The SMILES string of the molecule is COCCCN(CCOC)CC1(CC#N)CC1. The monoisotopic (exact) mass is 240 g/mol. The molecule has 1 aliphatic carbocycles. The van der Waals surface area contributed by atoms with Gasteiger partial charge in [-0.2, -0.15) is 5.26 Å². The average Bonchev–Trinajstić information content (AvgIpc) is 3.06. The first-order valence-electron chi connectivity index (χ1n) is 6.33. The molecule has 0 amide bonds. The Morgan fingerprint density at radius 1 is 1.18 bits per heavy atom. The Balaban J connectivity index is 2.32. The van der Waals surface area contributed by atoms with E-state index in [0.29, 0.717) is 6.42 Å². The van der Waals surface area contributed by atoms with E-state index in [1.54, 1.807) is 14.2 Å². The Bertz CT molecular complexity index is 246. The topological polar surface area (TPSA) is 45.5 Å². The van der Waals surface area contributed by atoms with Crippen molar-refractivity contribution in [3.63, 3.8) is 0 Å². The van der Waals surface area contributed by atoms with E-state index in [1.807, 2.05) is 0 Å². The van der Waals surface area contributed by atoms with Crippen molar-refractivity contribution in [2.45, 2.75) is 25.7 Å². The second kappa shape index (κ2) is 7.65. The molecule has 98 valence electrons. The van der Waals surface area contributed by atoms with Gasteiger partial charge in [-0.15, -0.1) is 0 Å². The van der Waals surface area contributed by atoms with Gasteiger partial charge in [0.05, 0.1) is 12.7 Å². The number of nitrogens with zero attached hydrogens (tertiary/aromatic N) is 2. The van der Waals surface area contributed by atoms with Gasteiger partial charge in [0, 0.05) is 46.9 Å². The molecule has 0 aromatic heterocycles. The fourth-order valence-electron chi connectivity index (χ4n) is 2.13. The van der Waals surface area contributed by atoms with Gasteiger partial charge in [0.25, 0.3) is 0 Å². The standard InChI is InChI=1S/C13H24N2O2/c1-16-10-3-8-15(9-11-17-2)12-13(4-5-13)6-7-14/h3-6,8-12H2,1-2H3. The summed E-state index contributed by atoms with van der Waals surface area (Å²) in [6.45, 7) is 4.58. The van der Waals surface area contributed by atoms with Crippen LogP contribution in [0.25, 0.3) is 0 Å². The van der Waals surface area contributed by atoms with Gasteiger partial charge < -0.3 is 14.4 Å². The van der Waals surface area contributed by atoms with Gasteiger partial charge in [0.1, 0.15) is 0 Å². The molecule has 1 saturated carbocycles. The highest BCUT2D eigenvalue weighted by Crippen LogP contribution is 2.49. The summed E-state index contributed by atoms with van der Waals surface area (Å²) < 4.78 is 10.2. The van der Waals surface area contributed by atoms with Gasteiger partial charge in [-0.3, -0.25) is 0 Å². The molecule has 1 fully saturated rings. The van der Waals surface area contributed by atoms with Crippen LogP contribution in [-0.2, 0) is 9.47 Å². The lowest BCUT2D eigenvalue weighted by Gasteiger charge is -2.26. The molecular formula is C13H24N2O2. The third kappa shape index (κ3) is 5.49. The third-order valence-corrected chi connectivity index (χ3v) is 3.40. The molecule has 0 unspecified atom stereocenters. The maximum atomic E-state index is 8.83. The maximum absolute atomic E-state index is 8.83. The molecule has 1 rings (SSSR count). The van der Waals surface area contributed by atoms with Crippen molar-refractivity contribution in [1.82, 2.24) is 4.90 Å². The largest absolute Gasteiger partial charge is 0.385 e. The molecule has 0 spiro atoms. The summed E-state index contributed by atoms with van der Waals surface area (Å²) >= 11 is 0. The smallest absolute Gasteiger partial charge is 0.0628 e. The van der Waals surface area contributed by atoms with Crippen molar-refractivity contribution in [3.05, 3.63) is 0 Å². The summed E-state index contributed by atoms with van der Waals surface area (Å²) in [5, 5.41) is 8.83. The molecule has 0 radical (unpaired) electrons. The van der Waals surface area contributed by atoms with Crippen molar-refractivity contribution in [1.29, 1.82) is 5.26 Å². The van der Waals surface area contributed by atoms with Crippen molar-refractivity contribution in [2.75, 3.05) is 47.1 Å². The van der Waals surface area contributed by atoms with Crippen LogP contribution in [-0.4, -0.2) is 52.0 Å². The van der Waals surface area contributed by atoms with E-state index < -0.39 is 0 Å². The maximum Gasteiger partial charge on any atom is 0.0628 e. The Labute approximate surface area is 104 Å². The first-order chi connectivity index (χ1) is 8.26. The molecule has 0 N–H and O–H groups in total. The summed E-state index contributed by atoms with van der Waals surface area (Å²) in [6, 6.07) is 2.32. The lowest BCUT2D eigenvalue weighted by atomic mass is 10.0. The highest BCUT2D eigenvalue weighted by Gasteiger charge is 2.43. The van der Waals surface area contributed by atoms with Crippen LogP contribution in [0, 0.1) is 16.7 Å². The van der Waals surface area contributed by atoms with Gasteiger partial charge in [-0.1, -0.05) is 0 Å². The Morgan fingerprint density at radius 2 is 1.88 bits per heavy atom. The lowest BCUT2D eigenvalue weighted by molar-refractivity contribution is 0.119. The van der Waals surface area contributed by atoms with E-state index in [9.17, 15) is 0 Å². The predicted octanol–water partition coefficient (Wildman–Crippen LogP) is 1.67. The van der Waals surface area contributed by atoms with Gasteiger partial charge in [0.2, 0.25) is 0 Å². The van der Waals surface area contributed by atoms with E-state index >= 15 is 0 Å². The molecule has 0 bridgehead atoms. The lowest BCUT2D eigenvalue weighted by Crippen LogP contribution is -2.34. The van der Waals surface area contributed by atoms with Crippen LogP contribution in [0.5, 0.6) is 0 Å². The second-order valence-corrected chi connectivity index (χ2v) is 4.95. The Morgan fingerprint density at radius 3 is 2.41 bits per heavy atom. The minimum Gasteiger partial charge on any atom is -0.385 e. The average molecular weight is 240 g/mol.